The second-order valence-corrected chi connectivity index (χ2v) is 6.01. The second-order valence-electron chi connectivity index (χ2n) is 6.01. The summed E-state index contributed by atoms with van der Waals surface area (Å²) < 4.78 is 5.53. The van der Waals surface area contributed by atoms with E-state index in [0.29, 0.717) is 11.4 Å². The highest BCUT2D eigenvalue weighted by atomic mass is 16.5. The van der Waals surface area contributed by atoms with E-state index < -0.39 is 5.54 Å². The molecule has 2 fully saturated rings. The van der Waals surface area contributed by atoms with Crippen molar-refractivity contribution in [2.75, 3.05) is 25.0 Å². The Morgan fingerprint density at radius 3 is 2.68 bits per heavy atom. The Morgan fingerprint density at radius 1 is 1.27 bits per heavy atom. The molecular weight excluding hydrogens is 282 g/mol. The number of carbonyl (C=O) groups is 2. The summed E-state index contributed by atoms with van der Waals surface area (Å²) in [5.74, 6) is 0.399. The van der Waals surface area contributed by atoms with Gasteiger partial charge in [0, 0.05) is 24.8 Å². The fourth-order valence-electron chi connectivity index (χ4n) is 2.48. The Hall–Kier alpha value is -2.08. The lowest BCUT2D eigenvalue weighted by Gasteiger charge is -2.16. The zero-order chi connectivity index (χ0) is 15.6. The fourth-order valence-corrected chi connectivity index (χ4v) is 2.48. The molecule has 0 aromatic heterocycles. The summed E-state index contributed by atoms with van der Waals surface area (Å²) in [6, 6.07) is 7.03. The van der Waals surface area contributed by atoms with Crippen molar-refractivity contribution < 1.29 is 14.3 Å². The number of hydrogen-bond donors (Lipinski definition) is 2. The first kappa shape index (κ1) is 14.8. The van der Waals surface area contributed by atoms with E-state index in [4.69, 9.17) is 10.5 Å². The number of carbonyl (C=O) groups excluding carboxylic acids is 2. The summed E-state index contributed by atoms with van der Waals surface area (Å²) >= 11 is 0. The Balaban J connectivity index is 1.54. The Kier molecular flexibility index (Phi) is 4.02. The molecule has 0 unspecified atom stereocenters. The summed E-state index contributed by atoms with van der Waals surface area (Å²) in [5, 5.41) is 2.79. The van der Waals surface area contributed by atoms with E-state index >= 15 is 0 Å². The molecule has 6 nitrogen and oxygen atoms in total. The van der Waals surface area contributed by atoms with Gasteiger partial charge in [-0.25, -0.2) is 0 Å². The number of nitrogens with one attached hydrogen (secondary N) is 1. The summed E-state index contributed by atoms with van der Waals surface area (Å²) in [6.07, 6.45) is 3.57. The minimum absolute atomic E-state index is 0.00540. The molecule has 6 heteroatoms. The fraction of sp³-hybridized carbons (Fsp3) is 0.500. The first-order valence-electron chi connectivity index (χ1n) is 7.68. The highest BCUT2D eigenvalue weighted by Crippen LogP contribution is 2.33. The molecule has 3 rings (SSSR count). The van der Waals surface area contributed by atoms with Gasteiger partial charge in [0.15, 0.2) is 6.61 Å². The van der Waals surface area contributed by atoms with E-state index in [0.717, 1.165) is 38.8 Å². The van der Waals surface area contributed by atoms with Gasteiger partial charge in [0.2, 0.25) is 5.91 Å². The maximum absolute atomic E-state index is 11.9. The van der Waals surface area contributed by atoms with Gasteiger partial charge in [0.05, 0.1) is 5.54 Å². The number of benzene rings is 1. The van der Waals surface area contributed by atoms with E-state index in [1.807, 2.05) is 4.90 Å². The molecule has 2 amide bonds. The molecule has 1 aliphatic heterocycles. The molecule has 1 aromatic carbocycles. The van der Waals surface area contributed by atoms with E-state index in [2.05, 4.69) is 5.32 Å². The van der Waals surface area contributed by atoms with Crippen molar-refractivity contribution in [1.82, 2.24) is 4.90 Å². The number of anilines is 1. The van der Waals surface area contributed by atoms with Crippen molar-refractivity contribution in [2.24, 2.45) is 5.73 Å². The van der Waals surface area contributed by atoms with Gasteiger partial charge >= 0.3 is 0 Å². The van der Waals surface area contributed by atoms with Crippen molar-refractivity contribution in [3.63, 3.8) is 0 Å². The third-order valence-corrected chi connectivity index (χ3v) is 4.15. The number of hydrogen-bond acceptors (Lipinski definition) is 4. The SMILES string of the molecule is NC1(C(=O)Nc2cccc(OCC(=O)N3CCCC3)c2)CC1. The Labute approximate surface area is 129 Å². The van der Waals surface area contributed by atoms with Crippen molar-refractivity contribution in [1.29, 1.82) is 0 Å². The normalized spacial score (nSPS) is 18.9. The van der Waals surface area contributed by atoms with Gasteiger partial charge in [-0.2, -0.15) is 0 Å². The van der Waals surface area contributed by atoms with Crippen LogP contribution in [0.15, 0.2) is 24.3 Å². The molecule has 0 atom stereocenters. The third-order valence-electron chi connectivity index (χ3n) is 4.15. The predicted octanol–water partition coefficient (Wildman–Crippen LogP) is 1.12. The van der Waals surface area contributed by atoms with Gasteiger partial charge in [0.1, 0.15) is 5.75 Å². The van der Waals surface area contributed by atoms with Gasteiger partial charge in [-0.15, -0.1) is 0 Å². The first-order valence-corrected chi connectivity index (χ1v) is 7.68. The van der Waals surface area contributed by atoms with Crippen molar-refractivity contribution in [3.05, 3.63) is 24.3 Å². The molecule has 1 saturated heterocycles. The van der Waals surface area contributed by atoms with Crippen molar-refractivity contribution >= 4 is 17.5 Å². The smallest absolute Gasteiger partial charge is 0.260 e. The quantitative estimate of drug-likeness (QED) is 0.853. The van der Waals surface area contributed by atoms with Gasteiger partial charge in [0.25, 0.3) is 5.91 Å². The van der Waals surface area contributed by atoms with Crippen LogP contribution in [0.5, 0.6) is 5.75 Å². The van der Waals surface area contributed by atoms with Gasteiger partial charge in [-0.3, -0.25) is 9.59 Å². The summed E-state index contributed by atoms with van der Waals surface area (Å²) in [7, 11) is 0. The number of nitrogens with zero attached hydrogens (tertiary/aromatic N) is 1. The molecule has 2 aliphatic rings. The van der Waals surface area contributed by atoms with Crippen LogP contribution in [0.4, 0.5) is 5.69 Å². The lowest BCUT2D eigenvalue weighted by molar-refractivity contribution is -0.132. The average molecular weight is 303 g/mol. The predicted molar refractivity (Wildman–Crippen MR) is 82.5 cm³/mol. The second kappa shape index (κ2) is 5.96. The van der Waals surface area contributed by atoms with Gasteiger partial charge < -0.3 is 20.7 Å². The summed E-state index contributed by atoms with van der Waals surface area (Å²) in [4.78, 5) is 25.7. The lowest BCUT2D eigenvalue weighted by Crippen LogP contribution is -2.37. The lowest BCUT2D eigenvalue weighted by atomic mass is 10.2. The van der Waals surface area contributed by atoms with Crippen LogP contribution < -0.4 is 15.8 Å². The zero-order valence-corrected chi connectivity index (χ0v) is 12.5. The van der Waals surface area contributed by atoms with Crippen molar-refractivity contribution in [2.45, 2.75) is 31.2 Å². The summed E-state index contributed by atoms with van der Waals surface area (Å²) in [5.41, 5.74) is 5.78. The molecule has 0 spiro atoms. The van der Waals surface area contributed by atoms with Crippen LogP contribution in [0.2, 0.25) is 0 Å². The van der Waals surface area contributed by atoms with E-state index in [-0.39, 0.29) is 18.4 Å². The number of likely N-dealkylation sites (tertiary alicyclic amines) is 1. The maximum Gasteiger partial charge on any atom is 0.260 e. The maximum atomic E-state index is 11.9. The molecule has 3 N–H and O–H groups in total. The van der Waals surface area contributed by atoms with Crippen LogP contribution in [-0.2, 0) is 9.59 Å². The zero-order valence-electron chi connectivity index (χ0n) is 12.5. The van der Waals surface area contributed by atoms with Crippen LogP contribution in [0.25, 0.3) is 0 Å². The number of amides is 2. The molecule has 22 heavy (non-hydrogen) atoms. The largest absolute Gasteiger partial charge is 0.484 e. The van der Waals surface area contributed by atoms with E-state index in [1.165, 1.54) is 0 Å². The molecule has 1 saturated carbocycles. The highest BCUT2D eigenvalue weighted by Gasteiger charge is 2.45. The van der Waals surface area contributed by atoms with Crippen LogP contribution >= 0.6 is 0 Å². The monoisotopic (exact) mass is 303 g/mol. The minimum Gasteiger partial charge on any atom is -0.484 e. The number of ether oxygens (including phenoxy) is 1. The molecule has 1 aromatic rings. The van der Waals surface area contributed by atoms with Crippen LogP contribution in [-0.4, -0.2) is 41.9 Å². The topological polar surface area (TPSA) is 84.7 Å². The van der Waals surface area contributed by atoms with Crippen LogP contribution in [0, 0.1) is 0 Å². The van der Waals surface area contributed by atoms with Gasteiger partial charge in [-0.1, -0.05) is 6.07 Å². The third kappa shape index (κ3) is 3.39. The molecular formula is C16H21N3O3. The van der Waals surface area contributed by atoms with E-state index in [9.17, 15) is 9.59 Å². The number of rotatable bonds is 5. The molecule has 0 bridgehead atoms. The minimum atomic E-state index is -0.706. The average Bonchev–Trinajstić information content (AvgIpc) is 3.04. The van der Waals surface area contributed by atoms with Crippen LogP contribution in [0.1, 0.15) is 25.7 Å². The van der Waals surface area contributed by atoms with Crippen molar-refractivity contribution in [3.8, 4) is 5.75 Å². The molecule has 1 aliphatic carbocycles. The summed E-state index contributed by atoms with van der Waals surface area (Å²) in [6.45, 7) is 1.66. The molecule has 0 radical (unpaired) electrons. The highest BCUT2D eigenvalue weighted by molar-refractivity contribution is 6.00. The molecule has 1 heterocycles. The van der Waals surface area contributed by atoms with E-state index in [1.54, 1.807) is 24.3 Å². The first-order chi connectivity index (χ1) is 10.6. The molecule has 118 valence electrons. The number of nitrogens with two attached hydrogens (primary N) is 1. The Bertz CT molecular complexity index is 578. The Morgan fingerprint density at radius 2 is 2.00 bits per heavy atom. The standard InChI is InChI=1S/C16H21N3O3/c17-16(6-7-16)15(21)18-12-4-3-5-13(10-12)22-11-14(20)19-8-1-2-9-19/h3-5,10H,1-2,6-9,11,17H2,(H,18,21). The van der Waals surface area contributed by atoms with Crippen LogP contribution in [0.3, 0.4) is 0 Å². The van der Waals surface area contributed by atoms with Gasteiger partial charge in [-0.05, 0) is 37.8 Å².